The van der Waals surface area contributed by atoms with Crippen molar-refractivity contribution >= 4 is 6.09 Å². The maximum Gasteiger partial charge on any atom is 0.410 e. The maximum absolute atomic E-state index is 12.0. The number of hydrogen-bond donors (Lipinski definition) is 1. The molecular weight excluding hydrogens is 246 g/mol. The Morgan fingerprint density at radius 2 is 2.21 bits per heavy atom. The van der Waals surface area contributed by atoms with Gasteiger partial charge in [-0.1, -0.05) is 11.6 Å². The molecule has 5 nitrogen and oxygen atoms in total. The van der Waals surface area contributed by atoms with E-state index in [1.54, 1.807) is 4.90 Å². The fourth-order valence-electron chi connectivity index (χ4n) is 2.50. The average Bonchev–Trinajstić information content (AvgIpc) is 2.70. The standard InChI is InChI=1S/C14H23NO4/c1-14(2,3)19-13(17)15-8-11(12(16)9-15)10-4-6-18-7-5-10/h4,11-12,16H,5-9H2,1-3H3/t11-,12+/m1/s1. The molecule has 0 unspecified atom stereocenters. The molecule has 2 heterocycles. The van der Waals surface area contributed by atoms with Gasteiger partial charge in [0.1, 0.15) is 5.60 Å². The summed E-state index contributed by atoms with van der Waals surface area (Å²) in [5, 5.41) is 10.1. The zero-order valence-corrected chi connectivity index (χ0v) is 11.9. The summed E-state index contributed by atoms with van der Waals surface area (Å²) in [5.41, 5.74) is 0.697. The number of rotatable bonds is 1. The molecule has 2 aliphatic heterocycles. The molecule has 1 amide bonds. The molecule has 1 saturated heterocycles. The molecule has 0 aromatic heterocycles. The van der Waals surface area contributed by atoms with Crippen molar-refractivity contribution in [3.05, 3.63) is 11.6 Å². The summed E-state index contributed by atoms with van der Waals surface area (Å²) in [6.45, 7) is 7.70. The van der Waals surface area contributed by atoms with Gasteiger partial charge in [-0.25, -0.2) is 4.79 Å². The highest BCUT2D eigenvalue weighted by Gasteiger charge is 2.37. The van der Waals surface area contributed by atoms with Crippen LogP contribution in [0.2, 0.25) is 0 Å². The number of hydrogen-bond acceptors (Lipinski definition) is 4. The van der Waals surface area contributed by atoms with Crippen molar-refractivity contribution in [2.75, 3.05) is 26.3 Å². The largest absolute Gasteiger partial charge is 0.444 e. The lowest BCUT2D eigenvalue weighted by Gasteiger charge is -2.24. The highest BCUT2D eigenvalue weighted by molar-refractivity contribution is 5.68. The zero-order chi connectivity index (χ0) is 14.0. The normalized spacial score (nSPS) is 28.2. The minimum atomic E-state index is -0.503. The van der Waals surface area contributed by atoms with Gasteiger partial charge in [-0.3, -0.25) is 0 Å². The van der Waals surface area contributed by atoms with Crippen molar-refractivity contribution in [2.45, 2.75) is 38.9 Å². The molecule has 1 N–H and O–H groups in total. The van der Waals surface area contributed by atoms with Gasteiger partial charge in [0.2, 0.25) is 0 Å². The first kappa shape index (κ1) is 14.3. The molecule has 5 heteroatoms. The van der Waals surface area contributed by atoms with Crippen LogP contribution in [0.3, 0.4) is 0 Å². The van der Waals surface area contributed by atoms with E-state index in [-0.39, 0.29) is 12.0 Å². The summed E-state index contributed by atoms with van der Waals surface area (Å²) < 4.78 is 10.6. The predicted molar refractivity (Wildman–Crippen MR) is 70.8 cm³/mol. The second-order valence-electron chi connectivity index (χ2n) is 6.16. The third kappa shape index (κ3) is 3.70. The van der Waals surface area contributed by atoms with Gasteiger partial charge >= 0.3 is 6.09 Å². The fourth-order valence-corrected chi connectivity index (χ4v) is 2.50. The van der Waals surface area contributed by atoms with E-state index in [4.69, 9.17) is 9.47 Å². The Balaban J connectivity index is 1.97. The van der Waals surface area contributed by atoms with E-state index in [9.17, 15) is 9.90 Å². The number of carbonyl (C=O) groups is 1. The van der Waals surface area contributed by atoms with Crippen LogP contribution in [0.15, 0.2) is 11.6 Å². The lowest BCUT2D eigenvalue weighted by molar-refractivity contribution is 0.0270. The molecule has 2 aliphatic rings. The molecule has 2 rings (SSSR count). The van der Waals surface area contributed by atoms with Crippen LogP contribution in [-0.2, 0) is 9.47 Å². The van der Waals surface area contributed by atoms with Crippen molar-refractivity contribution in [3.8, 4) is 0 Å². The summed E-state index contributed by atoms with van der Waals surface area (Å²) in [4.78, 5) is 13.6. The smallest absolute Gasteiger partial charge is 0.410 e. The summed E-state index contributed by atoms with van der Waals surface area (Å²) in [5.74, 6) is 0.0245. The van der Waals surface area contributed by atoms with Crippen LogP contribution in [-0.4, -0.2) is 54.1 Å². The van der Waals surface area contributed by atoms with Gasteiger partial charge in [-0.2, -0.15) is 0 Å². The number of aliphatic hydroxyl groups excluding tert-OH is 1. The first-order valence-electron chi connectivity index (χ1n) is 6.79. The summed E-state index contributed by atoms with van der Waals surface area (Å²) in [7, 11) is 0. The Hall–Kier alpha value is -1.07. The van der Waals surface area contributed by atoms with Crippen LogP contribution in [0.4, 0.5) is 4.79 Å². The Kier molecular flexibility index (Phi) is 4.16. The molecule has 0 aromatic rings. The van der Waals surface area contributed by atoms with Crippen molar-refractivity contribution in [3.63, 3.8) is 0 Å². The Bertz CT molecular complexity index is 372. The van der Waals surface area contributed by atoms with Crippen LogP contribution in [0.5, 0.6) is 0 Å². The van der Waals surface area contributed by atoms with E-state index in [0.29, 0.717) is 26.3 Å². The first-order chi connectivity index (χ1) is 8.87. The van der Waals surface area contributed by atoms with Gasteiger partial charge in [0.25, 0.3) is 0 Å². The fraction of sp³-hybridized carbons (Fsp3) is 0.786. The van der Waals surface area contributed by atoms with E-state index < -0.39 is 11.7 Å². The molecule has 0 spiro atoms. The third-order valence-corrected chi connectivity index (χ3v) is 3.42. The van der Waals surface area contributed by atoms with Crippen LogP contribution in [0.25, 0.3) is 0 Å². The second-order valence-corrected chi connectivity index (χ2v) is 6.16. The molecule has 0 radical (unpaired) electrons. The number of aliphatic hydroxyl groups is 1. The van der Waals surface area contributed by atoms with E-state index in [1.165, 1.54) is 5.57 Å². The predicted octanol–water partition coefficient (Wildman–Crippen LogP) is 1.56. The lowest BCUT2D eigenvalue weighted by Crippen LogP contribution is -2.35. The van der Waals surface area contributed by atoms with Crippen molar-refractivity contribution in [2.24, 2.45) is 5.92 Å². The number of β-amino-alcohol motifs (C(OH)–C–C–N with tert-alkyl or cyclic N) is 1. The monoisotopic (exact) mass is 269 g/mol. The Morgan fingerprint density at radius 3 is 2.79 bits per heavy atom. The highest BCUT2D eigenvalue weighted by Crippen LogP contribution is 2.29. The van der Waals surface area contributed by atoms with E-state index >= 15 is 0 Å². The number of carbonyl (C=O) groups excluding carboxylic acids is 1. The molecule has 108 valence electrons. The van der Waals surface area contributed by atoms with Crippen LogP contribution in [0, 0.1) is 5.92 Å². The van der Waals surface area contributed by atoms with Crippen LogP contribution >= 0.6 is 0 Å². The van der Waals surface area contributed by atoms with Crippen LogP contribution in [0.1, 0.15) is 27.2 Å². The van der Waals surface area contributed by atoms with Crippen molar-refractivity contribution < 1.29 is 19.4 Å². The van der Waals surface area contributed by atoms with Crippen molar-refractivity contribution in [1.29, 1.82) is 0 Å². The molecule has 2 atom stereocenters. The topological polar surface area (TPSA) is 59.0 Å². The first-order valence-corrected chi connectivity index (χ1v) is 6.79. The van der Waals surface area contributed by atoms with Gasteiger partial charge in [0.15, 0.2) is 0 Å². The molecule has 0 saturated carbocycles. The lowest BCUT2D eigenvalue weighted by atomic mass is 9.92. The highest BCUT2D eigenvalue weighted by atomic mass is 16.6. The molecule has 0 aliphatic carbocycles. The zero-order valence-electron chi connectivity index (χ0n) is 11.9. The van der Waals surface area contributed by atoms with Gasteiger partial charge in [0, 0.05) is 12.5 Å². The molecule has 0 aromatic carbocycles. The molecule has 19 heavy (non-hydrogen) atoms. The minimum absolute atomic E-state index is 0.0245. The van der Waals surface area contributed by atoms with E-state index in [1.807, 2.05) is 26.8 Å². The van der Waals surface area contributed by atoms with Crippen molar-refractivity contribution in [1.82, 2.24) is 4.90 Å². The van der Waals surface area contributed by atoms with Gasteiger partial charge in [-0.15, -0.1) is 0 Å². The number of ether oxygens (including phenoxy) is 2. The average molecular weight is 269 g/mol. The molecule has 0 bridgehead atoms. The Morgan fingerprint density at radius 1 is 1.47 bits per heavy atom. The summed E-state index contributed by atoms with van der Waals surface area (Å²) >= 11 is 0. The second kappa shape index (κ2) is 5.51. The maximum atomic E-state index is 12.0. The number of nitrogens with zero attached hydrogens (tertiary/aromatic N) is 1. The molecule has 1 fully saturated rings. The minimum Gasteiger partial charge on any atom is -0.444 e. The third-order valence-electron chi connectivity index (χ3n) is 3.42. The quantitative estimate of drug-likeness (QED) is 0.734. The summed E-state index contributed by atoms with van der Waals surface area (Å²) in [6, 6.07) is 0. The van der Waals surface area contributed by atoms with Gasteiger partial charge in [0.05, 0.1) is 25.9 Å². The van der Waals surface area contributed by atoms with Crippen LogP contribution < -0.4 is 0 Å². The number of likely N-dealkylation sites (tertiary alicyclic amines) is 1. The SMILES string of the molecule is CC(C)(C)OC(=O)N1C[C@H](C2=CCOCC2)[C@@H](O)C1. The van der Waals surface area contributed by atoms with Gasteiger partial charge in [-0.05, 0) is 27.2 Å². The summed E-state index contributed by atoms with van der Waals surface area (Å²) in [6.07, 6.45) is 2.01. The van der Waals surface area contributed by atoms with E-state index in [0.717, 1.165) is 6.42 Å². The van der Waals surface area contributed by atoms with E-state index in [2.05, 4.69) is 0 Å². The Labute approximate surface area is 114 Å². The molecular formula is C14H23NO4. The number of amides is 1. The van der Waals surface area contributed by atoms with Gasteiger partial charge < -0.3 is 19.5 Å².